The lowest BCUT2D eigenvalue weighted by Crippen LogP contribution is -2.29. The van der Waals surface area contributed by atoms with E-state index < -0.39 is 0 Å². The lowest BCUT2D eigenvalue weighted by molar-refractivity contribution is 0.0938. The van der Waals surface area contributed by atoms with Crippen molar-refractivity contribution >= 4 is 28.4 Å². The summed E-state index contributed by atoms with van der Waals surface area (Å²) in [4.78, 5) is 17.6. The average molecular weight is 377 g/mol. The van der Waals surface area contributed by atoms with Gasteiger partial charge < -0.3 is 9.73 Å². The summed E-state index contributed by atoms with van der Waals surface area (Å²) >= 11 is 6.08. The second-order valence-electron chi connectivity index (χ2n) is 6.29. The van der Waals surface area contributed by atoms with Crippen molar-refractivity contribution < 1.29 is 9.21 Å². The van der Waals surface area contributed by atoms with E-state index in [1.165, 1.54) is 0 Å². The number of halogens is 1. The van der Waals surface area contributed by atoms with E-state index in [2.05, 4.69) is 10.3 Å². The zero-order valence-corrected chi connectivity index (χ0v) is 15.4. The fourth-order valence-corrected chi connectivity index (χ4v) is 3.28. The number of benzene rings is 2. The first-order chi connectivity index (χ1) is 13.1. The van der Waals surface area contributed by atoms with E-state index in [9.17, 15) is 4.79 Å². The number of aromatic nitrogens is 1. The van der Waals surface area contributed by atoms with Crippen LogP contribution in [0.2, 0.25) is 5.02 Å². The van der Waals surface area contributed by atoms with E-state index in [-0.39, 0.29) is 11.9 Å². The molecule has 0 fully saturated rings. The molecule has 4 nitrogen and oxygen atoms in total. The monoisotopic (exact) mass is 376 g/mol. The zero-order chi connectivity index (χ0) is 18.8. The van der Waals surface area contributed by atoms with Crippen LogP contribution in [0.25, 0.3) is 10.9 Å². The molecule has 0 bridgehead atoms. The van der Waals surface area contributed by atoms with Crippen LogP contribution in [0.1, 0.15) is 33.4 Å². The Morgan fingerprint density at radius 3 is 2.63 bits per heavy atom. The molecule has 2 aromatic carbocycles. The van der Waals surface area contributed by atoms with Gasteiger partial charge in [0.25, 0.3) is 5.91 Å². The fraction of sp³-hybridized carbons (Fsp3) is 0.0909. The number of furan rings is 1. The van der Waals surface area contributed by atoms with Gasteiger partial charge in [-0.25, -0.2) is 0 Å². The van der Waals surface area contributed by atoms with Crippen LogP contribution in [-0.4, -0.2) is 10.9 Å². The van der Waals surface area contributed by atoms with Gasteiger partial charge in [-0.1, -0.05) is 41.9 Å². The minimum Gasteiger partial charge on any atom is -0.467 e. The number of nitrogens with one attached hydrogen (secondary N) is 1. The topological polar surface area (TPSA) is 55.1 Å². The first-order valence-electron chi connectivity index (χ1n) is 8.58. The van der Waals surface area contributed by atoms with Crippen molar-refractivity contribution in [3.63, 3.8) is 0 Å². The van der Waals surface area contributed by atoms with Crippen LogP contribution in [0.5, 0.6) is 0 Å². The molecule has 1 amide bonds. The molecule has 2 aromatic heterocycles. The number of hydrogen-bond donors (Lipinski definition) is 1. The van der Waals surface area contributed by atoms with Crippen LogP contribution in [0, 0.1) is 6.92 Å². The molecule has 4 rings (SSSR count). The number of hydrogen-bond acceptors (Lipinski definition) is 3. The van der Waals surface area contributed by atoms with E-state index >= 15 is 0 Å². The smallest absolute Gasteiger partial charge is 0.253 e. The third-order valence-corrected chi connectivity index (χ3v) is 4.68. The van der Waals surface area contributed by atoms with Crippen LogP contribution in [0.4, 0.5) is 0 Å². The third kappa shape index (κ3) is 3.57. The van der Waals surface area contributed by atoms with Gasteiger partial charge in [-0.05, 0) is 48.9 Å². The maximum absolute atomic E-state index is 13.0. The Kier molecular flexibility index (Phi) is 4.65. The highest BCUT2D eigenvalue weighted by Crippen LogP contribution is 2.25. The molecule has 0 spiro atoms. The summed E-state index contributed by atoms with van der Waals surface area (Å²) in [6.07, 6.45) is 1.60. The molecule has 2 heterocycles. The van der Waals surface area contributed by atoms with Crippen molar-refractivity contribution in [2.45, 2.75) is 13.0 Å². The lowest BCUT2D eigenvalue weighted by Gasteiger charge is -2.18. The molecular weight excluding hydrogens is 360 g/mol. The van der Waals surface area contributed by atoms with Crippen molar-refractivity contribution in [2.75, 3.05) is 0 Å². The highest BCUT2D eigenvalue weighted by Gasteiger charge is 2.21. The van der Waals surface area contributed by atoms with Gasteiger partial charge in [0.15, 0.2) is 0 Å². The second-order valence-corrected chi connectivity index (χ2v) is 6.73. The summed E-state index contributed by atoms with van der Waals surface area (Å²) < 4.78 is 5.56. The second kappa shape index (κ2) is 7.25. The van der Waals surface area contributed by atoms with E-state index in [0.717, 1.165) is 16.5 Å². The predicted octanol–water partition coefficient (Wildman–Crippen LogP) is 5.31. The van der Waals surface area contributed by atoms with Crippen LogP contribution in [0.15, 0.2) is 77.4 Å². The molecule has 5 heteroatoms. The summed E-state index contributed by atoms with van der Waals surface area (Å²) in [5.41, 5.74) is 2.92. The zero-order valence-electron chi connectivity index (χ0n) is 14.6. The van der Waals surface area contributed by atoms with Crippen molar-refractivity contribution in [1.82, 2.24) is 10.3 Å². The van der Waals surface area contributed by atoms with Crippen molar-refractivity contribution in [3.05, 3.63) is 101 Å². The number of aryl methyl sites for hydroxylation is 1. The van der Waals surface area contributed by atoms with Gasteiger partial charge in [-0.15, -0.1) is 0 Å². The lowest BCUT2D eigenvalue weighted by atomic mass is 10.0. The third-order valence-electron chi connectivity index (χ3n) is 4.45. The van der Waals surface area contributed by atoms with Gasteiger partial charge in [-0.2, -0.15) is 0 Å². The number of pyridine rings is 1. The molecule has 0 saturated carbocycles. The number of carbonyl (C=O) groups excluding carboxylic acids is 1. The largest absolute Gasteiger partial charge is 0.467 e. The molecular formula is C22H17ClN2O2. The van der Waals surface area contributed by atoms with E-state index in [1.54, 1.807) is 18.4 Å². The molecule has 4 aromatic rings. The van der Waals surface area contributed by atoms with Crippen LogP contribution < -0.4 is 5.32 Å². The van der Waals surface area contributed by atoms with Gasteiger partial charge in [-0.3, -0.25) is 9.78 Å². The van der Waals surface area contributed by atoms with Crippen LogP contribution in [0.3, 0.4) is 0 Å². The van der Waals surface area contributed by atoms with Gasteiger partial charge in [0.05, 0.1) is 23.0 Å². The molecule has 1 atom stereocenters. The summed E-state index contributed by atoms with van der Waals surface area (Å²) in [5.74, 6) is 0.455. The molecule has 0 aliphatic heterocycles. The number of rotatable bonds is 4. The molecule has 0 aliphatic rings. The Balaban J connectivity index is 1.71. The van der Waals surface area contributed by atoms with E-state index in [1.807, 2.05) is 61.5 Å². The number of nitrogens with zero attached hydrogens (tertiary/aromatic N) is 1. The molecule has 27 heavy (non-hydrogen) atoms. The van der Waals surface area contributed by atoms with Crippen molar-refractivity contribution in [3.8, 4) is 0 Å². The van der Waals surface area contributed by atoms with Crippen molar-refractivity contribution in [1.29, 1.82) is 0 Å². The molecule has 1 unspecified atom stereocenters. The molecule has 0 saturated heterocycles. The predicted molar refractivity (Wildman–Crippen MR) is 106 cm³/mol. The molecule has 0 radical (unpaired) electrons. The standard InChI is InChI=1S/C22H17ClN2O2/c1-14-18(13-16-12-17(23)9-10-19(16)24-14)22(26)25-21(20-8-5-11-27-20)15-6-3-2-4-7-15/h2-13,21H,1H3,(H,25,26). The minimum absolute atomic E-state index is 0.216. The Bertz CT molecular complexity index is 1090. The van der Waals surface area contributed by atoms with E-state index in [0.29, 0.717) is 22.0 Å². The van der Waals surface area contributed by atoms with Gasteiger partial charge in [0.2, 0.25) is 0 Å². The Hall–Kier alpha value is -3.11. The summed E-state index contributed by atoms with van der Waals surface area (Å²) in [6, 6.07) is 20.3. The normalized spacial score (nSPS) is 12.1. The Morgan fingerprint density at radius 2 is 1.89 bits per heavy atom. The Labute approximate surface area is 161 Å². The number of fused-ring (bicyclic) bond motifs is 1. The van der Waals surface area contributed by atoms with Gasteiger partial charge in [0, 0.05) is 10.4 Å². The Morgan fingerprint density at radius 1 is 1.07 bits per heavy atom. The molecule has 0 aliphatic carbocycles. The first kappa shape index (κ1) is 17.3. The average Bonchev–Trinajstić information content (AvgIpc) is 3.21. The maximum atomic E-state index is 13.0. The highest BCUT2D eigenvalue weighted by molar-refractivity contribution is 6.31. The van der Waals surface area contributed by atoms with Gasteiger partial charge >= 0.3 is 0 Å². The van der Waals surface area contributed by atoms with E-state index in [4.69, 9.17) is 16.0 Å². The molecule has 134 valence electrons. The van der Waals surface area contributed by atoms with Crippen molar-refractivity contribution in [2.24, 2.45) is 0 Å². The fourth-order valence-electron chi connectivity index (χ4n) is 3.10. The minimum atomic E-state index is -0.386. The number of carbonyl (C=O) groups is 1. The summed E-state index contributed by atoms with van der Waals surface area (Å²) in [5, 5.41) is 4.50. The van der Waals surface area contributed by atoms with Crippen LogP contribution in [-0.2, 0) is 0 Å². The maximum Gasteiger partial charge on any atom is 0.253 e. The highest BCUT2D eigenvalue weighted by atomic mass is 35.5. The molecule has 1 N–H and O–H groups in total. The summed E-state index contributed by atoms with van der Waals surface area (Å²) in [6.45, 7) is 1.83. The quantitative estimate of drug-likeness (QED) is 0.525. The van der Waals surface area contributed by atoms with Gasteiger partial charge in [0.1, 0.15) is 11.8 Å². The summed E-state index contributed by atoms with van der Waals surface area (Å²) in [7, 11) is 0. The SMILES string of the molecule is Cc1nc2ccc(Cl)cc2cc1C(=O)NC(c1ccccc1)c1ccco1. The van der Waals surface area contributed by atoms with Crippen LogP contribution >= 0.6 is 11.6 Å². The number of amides is 1. The first-order valence-corrected chi connectivity index (χ1v) is 8.96.